The summed E-state index contributed by atoms with van der Waals surface area (Å²) in [4.78, 5) is 10.4. The van der Waals surface area contributed by atoms with Crippen molar-refractivity contribution in [2.45, 2.75) is 20.0 Å². The molecule has 1 aromatic rings. The maximum Gasteiger partial charge on any atom is 1.00 e. The topological polar surface area (TPSA) is 49.4 Å². The minimum atomic E-state index is -1.25. The molecule has 0 spiro atoms. The SMILES string of the molecule is Cc1ccc(Cl)cc1O[C@H](C)C(=O)[O-].[K+]. The largest absolute Gasteiger partial charge is 1.00 e. The van der Waals surface area contributed by atoms with Crippen LogP contribution in [0.4, 0.5) is 0 Å². The van der Waals surface area contributed by atoms with E-state index in [9.17, 15) is 9.90 Å². The van der Waals surface area contributed by atoms with Crippen molar-refractivity contribution in [2.24, 2.45) is 0 Å². The molecule has 0 saturated heterocycles. The molecular weight excluding hydrogens is 243 g/mol. The van der Waals surface area contributed by atoms with Crippen molar-refractivity contribution in [1.29, 1.82) is 0 Å². The second kappa shape index (κ2) is 6.88. The number of carboxylic acids is 1. The predicted octanol–water partition coefficient (Wildman–Crippen LogP) is -1.83. The quantitative estimate of drug-likeness (QED) is 0.595. The van der Waals surface area contributed by atoms with Crippen LogP contribution >= 0.6 is 11.6 Å². The molecule has 76 valence electrons. The van der Waals surface area contributed by atoms with Gasteiger partial charge in [0.1, 0.15) is 11.9 Å². The smallest absolute Gasteiger partial charge is 0.546 e. The van der Waals surface area contributed by atoms with Gasteiger partial charge in [-0.3, -0.25) is 0 Å². The predicted molar refractivity (Wildman–Crippen MR) is 51.3 cm³/mol. The Morgan fingerprint density at radius 2 is 2.13 bits per heavy atom. The molecule has 0 fully saturated rings. The molecule has 15 heavy (non-hydrogen) atoms. The van der Waals surface area contributed by atoms with E-state index in [2.05, 4.69) is 0 Å². The number of hydrogen-bond donors (Lipinski definition) is 0. The molecule has 0 unspecified atom stereocenters. The number of halogens is 1. The summed E-state index contributed by atoms with van der Waals surface area (Å²) in [6.45, 7) is 3.23. The van der Waals surface area contributed by atoms with Gasteiger partial charge in [-0.05, 0) is 31.5 Å². The van der Waals surface area contributed by atoms with Crippen molar-refractivity contribution in [3.8, 4) is 5.75 Å². The average molecular weight is 253 g/mol. The van der Waals surface area contributed by atoms with Gasteiger partial charge < -0.3 is 14.6 Å². The number of carboxylic acid groups (broad SMARTS) is 1. The summed E-state index contributed by atoms with van der Waals surface area (Å²) in [5.74, 6) is -0.779. The molecule has 5 heteroatoms. The third-order valence-electron chi connectivity index (χ3n) is 1.79. The van der Waals surface area contributed by atoms with Crippen LogP contribution in [0.25, 0.3) is 0 Å². The van der Waals surface area contributed by atoms with Crippen molar-refractivity contribution in [2.75, 3.05) is 0 Å². The Morgan fingerprint density at radius 3 is 2.67 bits per heavy atom. The van der Waals surface area contributed by atoms with E-state index in [1.165, 1.54) is 6.92 Å². The summed E-state index contributed by atoms with van der Waals surface area (Å²) in [5, 5.41) is 10.9. The van der Waals surface area contributed by atoms with Crippen molar-refractivity contribution in [3.63, 3.8) is 0 Å². The number of hydrogen-bond acceptors (Lipinski definition) is 3. The Hall–Kier alpha value is 0.416. The molecule has 0 aliphatic rings. The Morgan fingerprint density at radius 1 is 1.53 bits per heavy atom. The fourth-order valence-electron chi connectivity index (χ4n) is 0.939. The maximum atomic E-state index is 10.4. The number of rotatable bonds is 3. The van der Waals surface area contributed by atoms with Crippen LogP contribution in [0.1, 0.15) is 12.5 Å². The first-order valence-electron chi connectivity index (χ1n) is 4.14. The van der Waals surface area contributed by atoms with Gasteiger partial charge >= 0.3 is 51.4 Å². The van der Waals surface area contributed by atoms with Crippen molar-refractivity contribution in [1.82, 2.24) is 0 Å². The molecular formula is C10H10ClKO3. The first-order chi connectivity index (χ1) is 6.50. The van der Waals surface area contributed by atoms with Gasteiger partial charge in [-0.1, -0.05) is 17.7 Å². The molecule has 0 bridgehead atoms. The Kier molecular flexibility index (Phi) is 7.07. The van der Waals surface area contributed by atoms with Crippen LogP contribution in [-0.2, 0) is 4.79 Å². The van der Waals surface area contributed by atoms with Gasteiger partial charge in [0.15, 0.2) is 0 Å². The first kappa shape index (κ1) is 15.4. The summed E-state index contributed by atoms with van der Waals surface area (Å²) in [6, 6.07) is 5.06. The Balaban J connectivity index is 0.00000196. The minimum absolute atomic E-state index is 0. The monoisotopic (exact) mass is 252 g/mol. The molecule has 0 aliphatic heterocycles. The minimum Gasteiger partial charge on any atom is -0.546 e. The second-order valence-electron chi connectivity index (χ2n) is 2.99. The van der Waals surface area contributed by atoms with Crippen molar-refractivity contribution >= 4 is 17.6 Å². The van der Waals surface area contributed by atoms with Gasteiger partial charge in [0.2, 0.25) is 0 Å². The molecule has 0 heterocycles. The van der Waals surface area contributed by atoms with Crippen LogP contribution in [0.3, 0.4) is 0 Å². The fourth-order valence-corrected chi connectivity index (χ4v) is 1.10. The molecule has 1 atom stereocenters. The zero-order chi connectivity index (χ0) is 10.7. The van der Waals surface area contributed by atoms with E-state index in [1.807, 2.05) is 6.92 Å². The number of benzene rings is 1. The van der Waals surface area contributed by atoms with Crippen LogP contribution in [0.5, 0.6) is 5.75 Å². The van der Waals surface area contributed by atoms with Gasteiger partial charge in [0.05, 0.1) is 5.97 Å². The van der Waals surface area contributed by atoms with Crippen LogP contribution < -0.4 is 61.2 Å². The van der Waals surface area contributed by atoms with Crippen LogP contribution in [0, 0.1) is 6.92 Å². The van der Waals surface area contributed by atoms with Gasteiger partial charge in [-0.25, -0.2) is 0 Å². The summed E-state index contributed by atoms with van der Waals surface area (Å²) in [6.07, 6.45) is -0.979. The summed E-state index contributed by atoms with van der Waals surface area (Å²) < 4.78 is 5.14. The first-order valence-corrected chi connectivity index (χ1v) is 4.52. The number of ether oxygens (including phenoxy) is 1. The summed E-state index contributed by atoms with van der Waals surface area (Å²) >= 11 is 5.74. The molecule has 0 aliphatic carbocycles. The molecule has 3 nitrogen and oxygen atoms in total. The molecule has 0 N–H and O–H groups in total. The maximum absolute atomic E-state index is 10.4. The molecule has 0 saturated carbocycles. The third kappa shape index (κ3) is 4.85. The van der Waals surface area contributed by atoms with Gasteiger partial charge in [0, 0.05) is 5.02 Å². The standard InChI is InChI=1S/C10H11ClO3.K/c1-6-3-4-8(11)5-9(6)14-7(2)10(12)13;/h3-5,7H,1-2H3,(H,12,13);/q;+1/p-1/t7-;/m1./s1. The molecule has 1 aromatic carbocycles. The number of carbonyl (C=O) groups excluding carboxylic acids is 1. The van der Waals surface area contributed by atoms with Gasteiger partial charge in [-0.15, -0.1) is 0 Å². The van der Waals surface area contributed by atoms with E-state index in [1.54, 1.807) is 18.2 Å². The summed E-state index contributed by atoms with van der Waals surface area (Å²) in [5.41, 5.74) is 0.836. The molecule has 0 amide bonds. The van der Waals surface area contributed by atoms with E-state index >= 15 is 0 Å². The Labute approximate surface area is 136 Å². The van der Waals surface area contributed by atoms with Crippen molar-refractivity contribution in [3.05, 3.63) is 28.8 Å². The molecule has 1 rings (SSSR count). The van der Waals surface area contributed by atoms with Crippen LogP contribution in [0.15, 0.2) is 18.2 Å². The normalized spacial score (nSPS) is 11.4. The van der Waals surface area contributed by atoms with Crippen LogP contribution in [0.2, 0.25) is 5.02 Å². The van der Waals surface area contributed by atoms with Gasteiger partial charge in [-0.2, -0.15) is 0 Å². The second-order valence-corrected chi connectivity index (χ2v) is 3.43. The molecule has 0 radical (unpaired) electrons. The number of carbonyl (C=O) groups is 1. The Bertz CT molecular complexity index is 355. The van der Waals surface area contributed by atoms with Gasteiger partial charge in [0.25, 0.3) is 0 Å². The van der Waals surface area contributed by atoms with E-state index < -0.39 is 12.1 Å². The van der Waals surface area contributed by atoms with Crippen molar-refractivity contribution < 1.29 is 66.0 Å². The average Bonchev–Trinajstić information content (AvgIpc) is 2.11. The summed E-state index contributed by atoms with van der Waals surface area (Å²) in [7, 11) is 0. The molecule has 0 aromatic heterocycles. The zero-order valence-electron chi connectivity index (χ0n) is 8.91. The third-order valence-corrected chi connectivity index (χ3v) is 2.02. The number of aryl methyl sites for hydroxylation is 1. The van der Waals surface area contributed by atoms with E-state index in [0.717, 1.165) is 5.56 Å². The zero-order valence-corrected chi connectivity index (χ0v) is 12.8. The van der Waals surface area contributed by atoms with E-state index in [4.69, 9.17) is 16.3 Å². The van der Waals surface area contributed by atoms with Crippen LogP contribution in [-0.4, -0.2) is 12.1 Å². The number of aliphatic carboxylic acids is 1. The fraction of sp³-hybridized carbons (Fsp3) is 0.300. The van der Waals surface area contributed by atoms with E-state index in [-0.39, 0.29) is 51.4 Å². The van der Waals surface area contributed by atoms with E-state index in [0.29, 0.717) is 10.8 Å².